The first kappa shape index (κ1) is 22.5. The van der Waals surface area contributed by atoms with E-state index in [-0.39, 0.29) is 36.3 Å². The third kappa shape index (κ3) is 2.75. The van der Waals surface area contributed by atoms with Gasteiger partial charge in [-0.3, -0.25) is 19.2 Å². The lowest BCUT2D eigenvalue weighted by molar-refractivity contribution is -0.163. The number of hydrogen-bond donors (Lipinski definition) is 6. The first-order valence-corrected chi connectivity index (χ1v) is 10.2. The summed E-state index contributed by atoms with van der Waals surface area (Å²) in [5.41, 5.74) is 7.65. The van der Waals surface area contributed by atoms with Crippen molar-refractivity contribution in [1.29, 1.82) is 0 Å². The third-order valence-electron chi connectivity index (χ3n) is 6.74. The Morgan fingerprint density at radius 1 is 1.15 bits per heavy atom. The molecule has 3 atom stereocenters. The van der Waals surface area contributed by atoms with E-state index in [0.717, 1.165) is 0 Å². The van der Waals surface area contributed by atoms with Gasteiger partial charge in [0.2, 0.25) is 23.0 Å². The first-order valence-electron chi connectivity index (χ1n) is 10.2. The van der Waals surface area contributed by atoms with E-state index in [4.69, 9.17) is 11.5 Å². The fourth-order valence-electron chi connectivity index (χ4n) is 5.13. The van der Waals surface area contributed by atoms with Gasteiger partial charge in [-0.25, -0.2) is 0 Å². The SMILES string of the molecule is CN(C)c1cc(CN)c(O)c2c1C[C@H]1C[C@H]3C(=O)C(O)=C(C(N)=O)C(=O)[C@@]3(O)C(=O)C1=C2O. The molecule has 1 saturated carbocycles. The zero-order chi connectivity index (χ0) is 24.6. The summed E-state index contributed by atoms with van der Waals surface area (Å²) in [7, 11) is 3.48. The summed E-state index contributed by atoms with van der Waals surface area (Å²) >= 11 is 0. The number of hydrogen-bond acceptors (Lipinski definition) is 10. The number of rotatable bonds is 3. The number of Topliss-reactive ketones (excluding diaryl/α,β-unsaturated/α-hetero) is 3. The maximum Gasteiger partial charge on any atom is 0.256 e. The molecule has 3 aliphatic rings. The minimum absolute atomic E-state index is 0.0496. The molecule has 0 bridgehead atoms. The van der Waals surface area contributed by atoms with Gasteiger partial charge in [-0.1, -0.05) is 0 Å². The quantitative estimate of drug-likeness (QED) is 0.244. The van der Waals surface area contributed by atoms with Crippen molar-refractivity contribution in [3.8, 4) is 5.75 Å². The van der Waals surface area contributed by atoms with Crippen molar-refractivity contribution in [2.75, 3.05) is 19.0 Å². The summed E-state index contributed by atoms with van der Waals surface area (Å²) in [6.07, 6.45) is -0.179. The fourth-order valence-corrected chi connectivity index (χ4v) is 5.13. The maximum absolute atomic E-state index is 13.4. The van der Waals surface area contributed by atoms with E-state index in [2.05, 4.69) is 0 Å². The van der Waals surface area contributed by atoms with E-state index < -0.39 is 57.8 Å². The summed E-state index contributed by atoms with van der Waals surface area (Å²) in [6.45, 7) is -0.0645. The number of carbonyl (C=O) groups excluding carboxylic acids is 4. The number of nitrogens with zero attached hydrogens (tertiary/aromatic N) is 1. The molecule has 1 aromatic carbocycles. The zero-order valence-electron chi connectivity index (χ0n) is 17.9. The highest BCUT2D eigenvalue weighted by atomic mass is 16.3. The second-order valence-electron chi connectivity index (χ2n) is 8.68. The third-order valence-corrected chi connectivity index (χ3v) is 6.74. The summed E-state index contributed by atoms with van der Waals surface area (Å²) in [5, 5.41) is 43.1. The van der Waals surface area contributed by atoms with Gasteiger partial charge in [0.1, 0.15) is 17.1 Å². The van der Waals surface area contributed by atoms with Gasteiger partial charge < -0.3 is 36.8 Å². The van der Waals surface area contributed by atoms with Crippen LogP contribution < -0.4 is 16.4 Å². The normalized spacial score (nSPS) is 26.7. The average molecular weight is 457 g/mol. The lowest BCUT2D eigenvalue weighted by Gasteiger charge is -2.45. The molecule has 1 aromatic rings. The van der Waals surface area contributed by atoms with Crippen molar-refractivity contribution >= 4 is 34.7 Å². The largest absolute Gasteiger partial charge is 0.507 e. The fraction of sp³-hybridized carbons (Fsp3) is 0.364. The van der Waals surface area contributed by atoms with Gasteiger partial charge in [0.25, 0.3) is 5.91 Å². The smallest absolute Gasteiger partial charge is 0.256 e. The molecule has 0 spiro atoms. The Labute approximate surface area is 187 Å². The van der Waals surface area contributed by atoms with Gasteiger partial charge in [0.05, 0.1) is 11.5 Å². The summed E-state index contributed by atoms with van der Waals surface area (Å²) in [4.78, 5) is 52.5. The van der Waals surface area contributed by atoms with E-state index >= 15 is 0 Å². The maximum atomic E-state index is 13.4. The lowest BCUT2D eigenvalue weighted by atomic mass is 9.58. The molecule has 0 heterocycles. The molecule has 0 saturated heterocycles. The van der Waals surface area contributed by atoms with Crippen LogP contribution in [0.4, 0.5) is 5.69 Å². The van der Waals surface area contributed by atoms with E-state index in [1.807, 2.05) is 0 Å². The Kier molecular flexibility index (Phi) is 4.88. The highest BCUT2D eigenvalue weighted by Crippen LogP contribution is 2.52. The number of aromatic hydroxyl groups is 1. The first-order chi connectivity index (χ1) is 15.4. The molecule has 1 fully saturated rings. The molecular formula is C22H23N3O8. The summed E-state index contributed by atoms with van der Waals surface area (Å²) < 4.78 is 0. The number of allylic oxidation sites excluding steroid dienone is 1. The predicted octanol–water partition coefficient (Wildman–Crippen LogP) is -0.872. The average Bonchev–Trinajstić information content (AvgIpc) is 2.74. The molecular weight excluding hydrogens is 434 g/mol. The molecule has 11 nitrogen and oxygen atoms in total. The summed E-state index contributed by atoms with van der Waals surface area (Å²) in [6, 6.07) is 1.65. The Balaban J connectivity index is 1.98. The van der Waals surface area contributed by atoms with Gasteiger partial charge >= 0.3 is 0 Å². The Bertz CT molecular complexity index is 1230. The van der Waals surface area contributed by atoms with Crippen LogP contribution in [0.2, 0.25) is 0 Å². The van der Waals surface area contributed by atoms with Crippen LogP contribution in [-0.4, -0.2) is 63.4 Å². The van der Waals surface area contributed by atoms with Gasteiger partial charge in [0, 0.05) is 37.5 Å². The van der Waals surface area contributed by atoms with Crippen LogP contribution in [0.5, 0.6) is 5.75 Å². The van der Waals surface area contributed by atoms with Crippen LogP contribution in [-0.2, 0) is 32.1 Å². The molecule has 11 heteroatoms. The predicted molar refractivity (Wildman–Crippen MR) is 114 cm³/mol. The highest BCUT2D eigenvalue weighted by Gasteiger charge is 2.64. The monoisotopic (exact) mass is 457 g/mol. The van der Waals surface area contributed by atoms with E-state index in [1.165, 1.54) is 0 Å². The van der Waals surface area contributed by atoms with Gasteiger partial charge in [-0.2, -0.15) is 0 Å². The van der Waals surface area contributed by atoms with Gasteiger partial charge in [-0.05, 0) is 30.4 Å². The molecule has 174 valence electrons. The zero-order valence-corrected chi connectivity index (χ0v) is 17.9. The summed E-state index contributed by atoms with van der Waals surface area (Å²) in [5.74, 6) is -10.1. The Hall–Kier alpha value is -3.70. The van der Waals surface area contributed by atoms with Crippen LogP contribution in [0, 0.1) is 11.8 Å². The van der Waals surface area contributed by atoms with Crippen LogP contribution in [0.15, 0.2) is 23.0 Å². The number of amides is 1. The second kappa shape index (κ2) is 7.15. The molecule has 1 amide bonds. The number of aliphatic hydroxyl groups excluding tert-OH is 2. The standard InChI is InChI=1S/C22H23N3O8/c1-25(2)11-5-8(6-23)15(26)13-9(11)3-7-4-10-16(27)18(29)14(21(24)32)20(31)22(10,33)19(30)12(7)17(13)28/h5,7,10,26,28-29,33H,3-4,6,23H2,1-2H3,(H2,24,32)/t7-,10-,22-/m0/s1. The van der Waals surface area contributed by atoms with Crippen molar-refractivity contribution in [3.63, 3.8) is 0 Å². The number of benzene rings is 1. The number of phenols is 1. The number of anilines is 1. The Morgan fingerprint density at radius 3 is 2.33 bits per heavy atom. The number of carbonyl (C=O) groups is 4. The molecule has 0 unspecified atom stereocenters. The number of ketones is 3. The minimum Gasteiger partial charge on any atom is -0.507 e. The van der Waals surface area contributed by atoms with Crippen molar-refractivity contribution < 1.29 is 39.6 Å². The van der Waals surface area contributed by atoms with Gasteiger partial charge in [0.15, 0.2) is 5.76 Å². The van der Waals surface area contributed by atoms with E-state index in [9.17, 15) is 39.6 Å². The second-order valence-corrected chi connectivity index (χ2v) is 8.68. The van der Waals surface area contributed by atoms with Crippen molar-refractivity contribution in [3.05, 3.63) is 39.7 Å². The van der Waals surface area contributed by atoms with Crippen LogP contribution >= 0.6 is 0 Å². The number of nitrogens with two attached hydrogens (primary N) is 2. The van der Waals surface area contributed by atoms with Crippen molar-refractivity contribution in [2.45, 2.75) is 25.0 Å². The van der Waals surface area contributed by atoms with Crippen LogP contribution in [0.25, 0.3) is 5.76 Å². The number of phenolic OH excluding ortho intramolecular Hbond substituents is 1. The van der Waals surface area contributed by atoms with Crippen LogP contribution in [0.3, 0.4) is 0 Å². The molecule has 4 rings (SSSR count). The Morgan fingerprint density at radius 2 is 1.79 bits per heavy atom. The van der Waals surface area contributed by atoms with Crippen molar-refractivity contribution in [2.24, 2.45) is 23.3 Å². The topological polar surface area (TPSA) is 204 Å². The van der Waals surface area contributed by atoms with Crippen molar-refractivity contribution in [1.82, 2.24) is 0 Å². The molecule has 3 aliphatic carbocycles. The van der Waals surface area contributed by atoms with Gasteiger partial charge in [-0.15, -0.1) is 0 Å². The van der Waals surface area contributed by atoms with E-state index in [1.54, 1.807) is 25.1 Å². The lowest BCUT2D eigenvalue weighted by Crippen LogP contribution is -2.64. The number of fused-ring (bicyclic) bond motifs is 3. The minimum atomic E-state index is -3.02. The molecule has 0 aromatic heterocycles. The molecule has 8 N–H and O–H groups in total. The number of aliphatic hydroxyl groups is 3. The number of primary amides is 1. The highest BCUT2D eigenvalue weighted by molar-refractivity contribution is 6.37. The molecule has 0 aliphatic heterocycles. The molecule has 33 heavy (non-hydrogen) atoms. The van der Waals surface area contributed by atoms with E-state index in [0.29, 0.717) is 16.8 Å². The molecule has 0 radical (unpaired) electrons. The van der Waals surface area contributed by atoms with Crippen LogP contribution in [0.1, 0.15) is 23.1 Å².